The Morgan fingerprint density at radius 1 is 0.778 bits per heavy atom. The van der Waals surface area contributed by atoms with E-state index in [-0.39, 0.29) is 5.91 Å². The minimum Gasteiger partial charge on any atom is -0.340 e. The Kier molecular flexibility index (Phi) is 8.05. The standard InChI is InChI=1S/C20H22N2O.2C2H6/c1-15(23)21-10-12-22(13-11-21)20-18-8-4-2-6-16(18)14-17-7-3-5-9-19(17)20;2*1-2/h2-9,20H,10-14H2,1H3;2*1-2H3. The number of hydrogen-bond donors (Lipinski definition) is 0. The maximum Gasteiger partial charge on any atom is 0.219 e. The van der Waals surface area contributed by atoms with Gasteiger partial charge in [-0.2, -0.15) is 0 Å². The van der Waals surface area contributed by atoms with E-state index >= 15 is 0 Å². The molecule has 1 fully saturated rings. The summed E-state index contributed by atoms with van der Waals surface area (Å²) in [4.78, 5) is 16.1. The average Bonchev–Trinajstić information content (AvgIpc) is 2.75. The number of amides is 1. The van der Waals surface area contributed by atoms with Crippen molar-refractivity contribution in [3.8, 4) is 0 Å². The van der Waals surface area contributed by atoms with Crippen molar-refractivity contribution in [2.24, 2.45) is 0 Å². The molecule has 1 heterocycles. The van der Waals surface area contributed by atoms with Crippen LogP contribution in [0.1, 0.15) is 62.9 Å². The topological polar surface area (TPSA) is 23.6 Å². The third-order valence-corrected chi connectivity index (χ3v) is 5.21. The first kappa shape index (κ1) is 21.2. The van der Waals surface area contributed by atoms with Crippen molar-refractivity contribution in [3.63, 3.8) is 0 Å². The second-order valence-electron chi connectivity index (χ2n) is 6.52. The molecular weight excluding hydrogens is 332 g/mol. The molecule has 3 heteroatoms. The second-order valence-corrected chi connectivity index (χ2v) is 6.52. The highest BCUT2D eigenvalue weighted by Crippen LogP contribution is 2.38. The Bertz CT molecular complexity index is 687. The van der Waals surface area contributed by atoms with Gasteiger partial charge in [-0.1, -0.05) is 76.2 Å². The minimum atomic E-state index is 0.189. The molecule has 0 saturated carbocycles. The van der Waals surface area contributed by atoms with Crippen LogP contribution in [0.3, 0.4) is 0 Å². The van der Waals surface area contributed by atoms with Crippen molar-refractivity contribution in [1.29, 1.82) is 0 Å². The molecule has 3 nitrogen and oxygen atoms in total. The summed E-state index contributed by atoms with van der Waals surface area (Å²) in [6, 6.07) is 17.9. The Morgan fingerprint density at radius 3 is 1.67 bits per heavy atom. The van der Waals surface area contributed by atoms with Gasteiger partial charge in [0.15, 0.2) is 0 Å². The number of carbonyl (C=O) groups excluding carboxylic acids is 1. The van der Waals surface area contributed by atoms with E-state index in [4.69, 9.17) is 0 Å². The van der Waals surface area contributed by atoms with Gasteiger partial charge in [-0.25, -0.2) is 0 Å². The van der Waals surface area contributed by atoms with E-state index in [2.05, 4.69) is 53.4 Å². The van der Waals surface area contributed by atoms with E-state index in [1.54, 1.807) is 6.92 Å². The molecular formula is C24H34N2O. The predicted molar refractivity (Wildman–Crippen MR) is 114 cm³/mol. The molecule has 1 aliphatic heterocycles. The van der Waals surface area contributed by atoms with Gasteiger partial charge in [0, 0.05) is 33.1 Å². The summed E-state index contributed by atoms with van der Waals surface area (Å²) in [7, 11) is 0. The van der Waals surface area contributed by atoms with E-state index in [0.29, 0.717) is 6.04 Å². The molecule has 4 rings (SSSR count). The van der Waals surface area contributed by atoms with Gasteiger partial charge < -0.3 is 4.90 Å². The number of piperazine rings is 1. The Morgan fingerprint density at radius 2 is 1.22 bits per heavy atom. The van der Waals surface area contributed by atoms with Crippen molar-refractivity contribution in [2.45, 2.75) is 47.1 Å². The lowest BCUT2D eigenvalue weighted by atomic mass is 9.81. The normalized spacial score (nSPS) is 16.1. The van der Waals surface area contributed by atoms with E-state index in [9.17, 15) is 4.79 Å². The van der Waals surface area contributed by atoms with Crippen LogP contribution >= 0.6 is 0 Å². The van der Waals surface area contributed by atoms with Gasteiger partial charge >= 0.3 is 0 Å². The number of nitrogens with zero attached hydrogens (tertiary/aromatic N) is 2. The van der Waals surface area contributed by atoms with Crippen LogP contribution in [-0.2, 0) is 11.2 Å². The summed E-state index contributed by atoms with van der Waals surface area (Å²) in [6.07, 6.45) is 1.02. The zero-order valence-electron chi connectivity index (χ0n) is 17.5. The van der Waals surface area contributed by atoms with E-state index in [0.717, 1.165) is 32.6 Å². The highest BCUT2D eigenvalue weighted by molar-refractivity contribution is 5.73. The molecule has 1 saturated heterocycles. The number of benzene rings is 2. The molecule has 1 amide bonds. The maximum atomic E-state index is 11.6. The summed E-state index contributed by atoms with van der Waals surface area (Å²) >= 11 is 0. The number of rotatable bonds is 1. The first-order valence-electron chi connectivity index (χ1n) is 10.4. The predicted octanol–water partition coefficient (Wildman–Crippen LogP) is 4.90. The van der Waals surface area contributed by atoms with E-state index < -0.39 is 0 Å². The summed E-state index contributed by atoms with van der Waals surface area (Å²) in [5.41, 5.74) is 5.74. The number of hydrogen-bond acceptors (Lipinski definition) is 2. The lowest BCUT2D eigenvalue weighted by Gasteiger charge is -2.42. The van der Waals surface area contributed by atoms with Crippen LogP contribution in [0, 0.1) is 0 Å². The maximum absolute atomic E-state index is 11.6. The zero-order chi connectivity index (χ0) is 19.8. The summed E-state index contributed by atoms with van der Waals surface area (Å²) in [6.45, 7) is 13.2. The van der Waals surface area contributed by atoms with Gasteiger partial charge in [0.25, 0.3) is 0 Å². The average molecular weight is 367 g/mol. The molecule has 2 aliphatic rings. The molecule has 0 atom stereocenters. The van der Waals surface area contributed by atoms with Gasteiger partial charge in [0.2, 0.25) is 5.91 Å². The van der Waals surface area contributed by atoms with Crippen LogP contribution in [-0.4, -0.2) is 41.9 Å². The smallest absolute Gasteiger partial charge is 0.219 e. The minimum absolute atomic E-state index is 0.189. The largest absolute Gasteiger partial charge is 0.340 e. The number of carbonyl (C=O) groups is 1. The van der Waals surface area contributed by atoms with E-state index in [1.807, 2.05) is 32.6 Å². The molecule has 0 unspecified atom stereocenters. The molecule has 2 aromatic rings. The molecule has 0 N–H and O–H groups in total. The van der Waals surface area contributed by atoms with Crippen molar-refractivity contribution in [1.82, 2.24) is 9.80 Å². The highest BCUT2D eigenvalue weighted by Gasteiger charge is 2.32. The van der Waals surface area contributed by atoms with Crippen molar-refractivity contribution < 1.29 is 4.79 Å². The van der Waals surface area contributed by atoms with E-state index in [1.165, 1.54) is 22.3 Å². The molecule has 0 aromatic heterocycles. The SMILES string of the molecule is CC.CC.CC(=O)N1CCN(C2c3ccccc3Cc3ccccc32)CC1. The van der Waals surface area contributed by atoms with Crippen LogP contribution in [0.15, 0.2) is 48.5 Å². The molecule has 0 spiro atoms. The first-order valence-corrected chi connectivity index (χ1v) is 10.4. The fraction of sp³-hybridized carbons (Fsp3) is 0.458. The lowest BCUT2D eigenvalue weighted by molar-refractivity contribution is -0.130. The highest BCUT2D eigenvalue weighted by atomic mass is 16.2. The van der Waals surface area contributed by atoms with Crippen LogP contribution in [0.4, 0.5) is 0 Å². The second kappa shape index (κ2) is 10.3. The van der Waals surface area contributed by atoms with Gasteiger partial charge in [0.1, 0.15) is 0 Å². The zero-order valence-corrected chi connectivity index (χ0v) is 17.5. The van der Waals surface area contributed by atoms with Crippen molar-refractivity contribution >= 4 is 5.91 Å². The molecule has 27 heavy (non-hydrogen) atoms. The molecule has 146 valence electrons. The van der Waals surface area contributed by atoms with Gasteiger partial charge in [-0.3, -0.25) is 9.69 Å². The third-order valence-electron chi connectivity index (χ3n) is 5.21. The van der Waals surface area contributed by atoms with Gasteiger partial charge in [-0.15, -0.1) is 0 Å². The molecule has 0 radical (unpaired) electrons. The summed E-state index contributed by atoms with van der Waals surface area (Å²) in [5.74, 6) is 0.189. The van der Waals surface area contributed by atoms with Crippen LogP contribution in [0.2, 0.25) is 0 Å². The third kappa shape index (κ3) is 4.59. The van der Waals surface area contributed by atoms with Crippen LogP contribution in [0.25, 0.3) is 0 Å². The Hall–Kier alpha value is -2.13. The molecule has 2 aromatic carbocycles. The first-order chi connectivity index (χ1) is 13.2. The van der Waals surface area contributed by atoms with Crippen molar-refractivity contribution in [3.05, 3.63) is 70.8 Å². The van der Waals surface area contributed by atoms with Crippen LogP contribution in [0.5, 0.6) is 0 Å². The lowest BCUT2D eigenvalue weighted by Crippen LogP contribution is -2.49. The summed E-state index contributed by atoms with van der Waals surface area (Å²) in [5, 5.41) is 0. The molecule has 0 bridgehead atoms. The summed E-state index contributed by atoms with van der Waals surface area (Å²) < 4.78 is 0. The van der Waals surface area contributed by atoms with Crippen molar-refractivity contribution in [2.75, 3.05) is 26.2 Å². The van der Waals surface area contributed by atoms with Gasteiger partial charge in [-0.05, 0) is 28.7 Å². The fourth-order valence-corrected chi connectivity index (χ4v) is 3.98. The Balaban J connectivity index is 0.000000614. The van der Waals surface area contributed by atoms with Gasteiger partial charge in [0.05, 0.1) is 6.04 Å². The number of fused-ring (bicyclic) bond motifs is 2. The fourth-order valence-electron chi connectivity index (χ4n) is 3.98. The quantitative estimate of drug-likeness (QED) is 0.717. The molecule has 1 aliphatic carbocycles. The monoisotopic (exact) mass is 366 g/mol. The van der Waals surface area contributed by atoms with Crippen LogP contribution < -0.4 is 0 Å². The Labute approximate surface area is 165 Å².